The summed E-state index contributed by atoms with van der Waals surface area (Å²) in [7, 11) is -3.39. The van der Waals surface area contributed by atoms with E-state index in [-0.39, 0.29) is 0 Å². The van der Waals surface area contributed by atoms with Gasteiger partial charge in [0, 0.05) is 30.0 Å². The second-order valence-electron chi connectivity index (χ2n) is 6.56. The zero-order valence-electron chi connectivity index (χ0n) is 13.5. The molecule has 2 aromatic rings. The lowest BCUT2D eigenvalue weighted by Crippen LogP contribution is -2.35. The fourth-order valence-corrected chi connectivity index (χ4v) is 6.32. The van der Waals surface area contributed by atoms with E-state index in [0.29, 0.717) is 34.9 Å². The van der Waals surface area contributed by atoms with Gasteiger partial charge < -0.3 is 4.52 Å². The molecule has 0 amide bonds. The van der Waals surface area contributed by atoms with Gasteiger partial charge in [-0.2, -0.15) is 9.29 Å². The van der Waals surface area contributed by atoms with Gasteiger partial charge in [0.05, 0.1) is 0 Å². The van der Waals surface area contributed by atoms with Crippen molar-refractivity contribution in [3.8, 4) is 11.4 Å². The highest BCUT2D eigenvalue weighted by Crippen LogP contribution is 2.35. The van der Waals surface area contributed by atoms with Crippen molar-refractivity contribution in [2.75, 3.05) is 13.1 Å². The van der Waals surface area contributed by atoms with Crippen molar-refractivity contribution >= 4 is 21.4 Å². The zero-order chi connectivity index (χ0) is 16.6. The molecule has 24 heavy (non-hydrogen) atoms. The molecule has 0 unspecified atom stereocenters. The Morgan fingerprint density at radius 1 is 1.12 bits per heavy atom. The Balaban J connectivity index is 1.56. The number of aromatic nitrogens is 2. The molecular formula is C16H21N3O3S2. The topological polar surface area (TPSA) is 76.3 Å². The fraction of sp³-hybridized carbons (Fsp3) is 0.625. The van der Waals surface area contributed by atoms with Crippen molar-refractivity contribution in [3.05, 3.63) is 17.3 Å². The van der Waals surface area contributed by atoms with Gasteiger partial charge in [-0.25, -0.2) is 8.42 Å². The van der Waals surface area contributed by atoms with Crippen LogP contribution in [0.5, 0.6) is 0 Å². The van der Waals surface area contributed by atoms with Crippen molar-refractivity contribution < 1.29 is 12.9 Å². The lowest BCUT2D eigenvalue weighted by atomic mass is 10.1. The number of hydrogen-bond donors (Lipinski definition) is 0. The number of sulfonamides is 1. The first-order chi connectivity index (χ1) is 11.6. The number of piperidine rings is 1. The fourth-order valence-electron chi connectivity index (χ4n) is 3.49. The van der Waals surface area contributed by atoms with Crippen LogP contribution < -0.4 is 0 Å². The molecule has 1 aliphatic carbocycles. The predicted octanol–water partition coefficient (Wildman–Crippen LogP) is 3.63. The summed E-state index contributed by atoms with van der Waals surface area (Å²) in [5, 5.41) is 5.86. The highest BCUT2D eigenvalue weighted by molar-refractivity contribution is 7.91. The third-order valence-electron chi connectivity index (χ3n) is 4.89. The highest BCUT2D eigenvalue weighted by Gasteiger charge is 2.28. The van der Waals surface area contributed by atoms with Crippen LogP contribution in [-0.2, 0) is 10.0 Å². The first-order valence-electron chi connectivity index (χ1n) is 8.57. The molecule has 8 heteroatoms. The van der Waals surface area contributed by atoms with Crippen LogP contribution in [0.15, 0.2) is 20.2 Å². The maximum Gasteiger partial charge on any atom is 0.252 e. The lowest BCUT2D eigenvalue weighted by molar-refractivity contribution is 0.347. The molecular weight excluding hydrogens is 346 g/mol. The van der Waals surface area contributed by atoms with Gasteiger partial charge in [-0.05, 0) is 31.7 Å². The minimum Gasteiger partial charge on any atom is -0.339 e. The Hall–Kier alpha value is -1.25. The van der Waals surface area contributed by atoms with E-state index in [2.05, 4.69) is 10.1 Å². The molecule has 6 nitrogen and oxygen atoms in total. The summed E-state index contributed by atoms with van der Waals surface area (Å²) in [6.45, 7) is 1.23. The zero-order valence-corrected chi connectivity index (χ0v) is 15.1. The molecule has 4 rings (SSSR count). The van der Waals surface area contributed by atoms with Crippen molar-refractivity contribution in [3.63, 3.8) is 0 Å². The van der Waals surface area contributed by atoms with Gasteiger partial charge >= 0.3 is 0 Å². The molecule has 2 aliphatic rings. The predicted molar refractivity (Wildman–Crippen MR) is 91.4 cm³/mol. The van der Waals surface area contributed by atoms with Crippen LogP contribution in [-0.4, -0.2) is 36.0 Å². The molecule has 2 fully saturated rings. The average Bonchev–Trinajstić information content (AvgIpc) is 3.34. The summed E-state index contributed by atoms with van der Waals surface area (Å²) < 4.78 is 32.8. The summed E-state index contributed by atoms with van der Waals surface area (Å²) in [4.78, 5) is 4.49. The molecule has 1 aliphatic heterocycles. The summed E-state index contributed by atoms with van der Waals surface area (Å²) in [5.41, 5.74) is 0.726. The molecule has 0 N–H and O–H groups in total. The van der Waals surface area contributed by atoms with Crippen molar-refractivity contribution in [2.24, 2.45) is 0 Å². The first kappa shape index (κ1) is 16.2. The third kappa shape index (κ3) is 3.02. The third-order valence-corrected chi connectivity index (χ3v) is 8.20. The molecule has 0 radical (unpaired) electrons. The molecule has 1 saturated carbocycles. The van der Waals surface area contributed by atoms with Crippen LogP contribution in [0.1, 0.15) is 56.8 Å². The van der Waals surface area contributed by atoms with Gasteiger partial charge in [-0.3, -0.25) is 0 Å². The average molecular weight is 367 g/mol. The van der Waals surface area contributed by atoms with E-state index >= 15 is 0 Å². The molecule has 1 saturated heterocycles. The van der Waals surface area contributed by atoms with Crippen LogP contribution in [0, 0.1) is 0 Å². The van der Waals surface area contributed by atoms with E-state index in [1.807, 2.05) is 0 Å². The first-order valence-corrected chi connectivity index (χ1v) is 10.9. The Bertz CT molecular complexity index is 800. The molecule has 0 spiro atoms. The standard InChI is InChI=1S/C16H21N3O3S2/c20-24(21,19-8-4-1-5-9-19)14-10-13(11-23-14)15-17-16(22-18-15)12-6-2-3-7-12/h10-12H,1-9H2. The van der Waals surface area contributed by atoms with Gasteiger partial charge in [-0.1, -0.05) is 24.4 Å². The Morgan fingerprint density at radius 2 is 1.88 bits per heavy atom. The van der Waals surface area contributed by atoms with E-state index in [0.717, 1.165) is 37.7 Å². The van der Waals surface area contributed by atoms with Crippen molar-refractivity contribution in [1.82, 2.24) is 14.4 Å². The van der Waals surface area contributed by atoms with Crippen LogP contribution in [0.2, 0.25) is 0 Å². The van der Waals surface area contributed by atoms with Crippen LogP contribution in [0.4, 0.5) is 0 Å². The van der Waals surface area contributed by atoms with Gasteiger partial charge in [0.15, 0.2) is 0 Å². The van der Waals surface area contributed by atoms with Crippen molar-refractivity contribution in [1.29, 1.82) is 0 Å². The summed E-state index contributed by atoms with van der Waals surface area (Å²) >= 11 is 1.24. The van der Waals surface area contributed by atoms with Gasteiger partial charge in [0.2, 0.25) is 11.7 Å². The molecule has 0 atom stereocenters. The van der Waals surface area contributed by atoms with Crippen LogP contribution >= 0.6 is 11.3 Å². The smallest absolute Gasteiger partial charge is 0.252 e. The number of nitrogens with zero attached hydrogens (tertiary/aromatic N) is 3. The Labute approximate surface area is 145 Å². The van der Waals surface area contributed by atoms with E-state index in [9.17, 15) is 8.42 Å². The van der Waals surface area contributed by atoms with Crippen LogP contribution in [0.3, 0.4) is 0 Å². The molecule has 0 bridgehead atoms. The summed E-state index contributed by atoms with van der Waals surface area (Å²) in [6.07, 6.45) is 7.59. The highest BCUT2D eigenvalue weighted by atomic mass is 32.2. The molecule has 3 heterocycles. The minimum absolute atomic E-state index is 0.362. The normalized spacial score (nSPS) is 20.7. The largest absolute Gasteiger partial charge is 0.339 e. The SMILES string of the molecule is O=S(=O)(c1cc(-c2noc(C3CCCC3)n2)cs1)N1CCCCC1. The molecule has 130 valence electrons. The Morgan fingerprint density at radius 3 is 2.62 bits per heavy atom. The number of hydrogen-bond acceptors (Lipinski definition) is 6. The lowest BCUT2D eigenvalue weighted by Gasteiger charge is -2.25. The van der Waals surface area contributed by atoms with Gasteiger partial charge in [0.25, 0.3) is 10.0 Å². The maximum absolute atomic E-state index is 12.7. The number of rotatable bonds is 4. The number of thiophene rings is 1. The monoisotopic (exact) mass is 367 g/mol. The van der Waals surface area contributed by atoms with E-state index in [1.165, 1.54) is 24.2 Å². The van der Waals surface area contributed by atoms with Crippen molar-refractivity contribution in [2.45, 2.75) is 55.1 Å². The molecule has 0 aromatic carbocycles. The second-order valence-corrected chi connectivity index (χ2v) is 9.63. The van der Waals surface area contributed by atoms with Crippen LogP contribution in [0.25, 0.3) is 11.4 Å². The summed E-state index contributed by atoms with van der Waals surface area (Å²) in [5.74, 6) is 1.55. The Kier molecular flexibility index (Phi) is 4.44. The van der Waals surface area contributed by atoms with E-state index in [1.54, 1.807) is 15.8 Å². The van der Waals surface area contributed by atoms with Gasteiger partial charge in [-0.15, -0.1) is 11.3 Å². The summed E-state index contributed by atoms with van der Waals surface area (Å²) in [6, 6.07) is 1.68. The quantitative estimate of drug-likeness (QED) is 0.825. The second kappa shape index (κ2) is 6.57. The van der Waals surface area contributed by atoms with Gasteiger partial charge in [0.1, 0.15) is 4.21 Å². The maximum atomic E-state index is 12.7. The minimum atomic E-state index is -3.39. The molecule has 2 aromatic heterocycles. The van der Waals surface area contributed by atoms with E-state index < -0.39 is 10.0 Å². The van der Waals surface area contributed by atoms with E-state index in [4.69, 9.17) is 4.52 Å².